The van der Waals surface area contributed by atoms with Crippen LogP contribution in [0.1, 0.15) is 36.6 Å². The molecule has 0 unspecified atom stereocenters. The first-order chi connectivity index (χ1) is 13.2. The van der Waals surface area contributed by atoms with Crippen LogP contribution < -0.4 is 14.8 Å². The molecule has 2 heterocycles. The molecule has 1 aliphatic carbocycles. The number of aromatic nitrogens is 2. The fourth-order valence-electron chi connectivity index (χ4n) is 3.35. The summed E-state index contributed by atoms with van der Waals surface area (Å²) in [5.74, 6) is 2.85. The van der Waals surface area contributed by atoms with Gasteiger partial charge in [0, 0.05) is 17.7 Å². The second-order valence-electron chi connectivity index (χ2n) is 6.92. The Morgan fingerprint density at radius 1 is 1.15 bits per heavy atom. The Balaban J connectivity index is 1.28. The van der Waals surface area contributed by atoms with Crippen LogP contribution in [0.25, 0.3) is 17.1 Å². The highest BCUT2D eigenvalue weighted by Crippen LogP contribution is 2.36. The van der Waals surface area contributed by atoms with Crippen molar-refractivity contribution in [2.24, 2.45) is 0 Å². The number of rotatable bonds is 4. The molecule has 0 bridgehead atoms. The highest BCUT2D eigenvalue weighted by Gasteiger charge is 2.22. The predicted octanol–water partition coefficient (Wildman–Crippen LogP) is 4.21. The number of anilines is 1. The summed E-state index contributed by atoms with van der Waals surface area (Å²) >= 11 is 0. The van der Waals surface area contributed by atoms with E-state index >= 15 is 0 Å². The van der Waals surface area contributed by atoms with E-state index in [0.717, 1.165) is 33.9 Å². The highest BCUT2D eigenvalue weighted by molar-refractivity contribution is 6.02. The first-order valence-corrected chi connectivity index (χ1v) is 9.13. The van der Waals surface area contributed by atoms with Gasteiger partial charge >= 0.3 is 0 Å². The summed E-state index contributed by atoms with van der Waals surface area (Å²) in [5.41, 5.74) is 3.51. The molecule has 0 atom stereocenters. The van der Waals surface area contributed by atoms with Gasteiger partial charge in [0.05, 0.1) is 11.0 Å². The van der Waals surface area contributed by atoms with Crippen LogP contribution in [0.3, 0.4) is 0 Å². The number of aromatic amines is 1. The number of benzene rings is 2. The van der Waals surface area contributed by atoms with Crippen LogP contribution in [-0.4, -0.2) is 22.7 Å². The Morgan fingerprint density at radius 2 is 2.04 bits per heavy atom. The Morgan fingerprint density at radius 3 is 2.89 bits per heavy atom. The van der Waals surface area contributed by atoms with Crippen LogP contribution >= 0.6 is 0 Å². The van der Waals surface area contributed by atoms with Gasteiger partial charge in [0.2, 0.25) is 12.7 Å². The van der Waals surface area contributed by atoms with Gasteiger partial charge in [0.15, 0.2) is 11.5 Å². The van der Waals surface area contributed by atoms with E-state index in [-0.39, 0.29) is 12.7 Å². The Hall–Kier alpha value is -3.28. The maximum atomic E-state index is 12.2. The molecule has 6 nitrogen and oxygen atoms in total. The van der Waals surface area contributed by atoms with Crippen LogP contribution in [0.2, 0.25) is 0 Å². The van der Waals surface area contributed by atoms with Crippen LogP contribution in [0.4, 0.5) is 5.69 Å². The molecule has 2 N–H and O–H groups in total. The van der Waals surface area contributed by atoms with E-state index in [1.54, 1.807) is 6.08 Å². The molecule has 1 saturated carbocycles. The number of carbonyl (C=O) groups excluding carboxylic acids is 1. The normalized spacial score (nSPS) is 16.0. The van der Waals surface area contributed by atoms with Crippen molar-refractivity contribution < 1.29 is 14.3 Å². The number of hydrogen-bond acceptors (Lipinski definition) is 4. The van der Waals surface area contributed by atoms with Gasteiger partial charge in [0.25, 0.3) is 0 Å². The minimum Gasteiger partial charge on any atom is -0.454 e. The minimum absolute atomic E-state index is 0.189. The van der Waals surface area contributed by atoms with Crippen LogP contribution in [-0.2, 0) is 4.79 Å². The molecule has 5 rings (SSSR count). The van der Waals surface area contributed by atoms with Gasteiger partial charge in [-0.05, 0) is 54.8 Å². The average molecular weight is 361 g/mol. The smallest absolute Gasteiger partial charge is 0.248 e. The molecule has 1 amide bonds. The van der Waals surface area contributed by atoms with E-state index in [9.17, 15) is 4.79 Å². The monoisotopic (exact) mass is 361 g/mol. The minimum atomic E-state index is -0.189. The summed E-state index contributed by atoms with van der Waals surface area (Å²) in [6.45, 7) is 0.238. The van der Waals surface area contributed by atoms with Crippen molar-refractivity contribution >= 4 is 28.7 Å². The highest BCUT2D eigenvalue weighted by atomic mass is 16.7. The summed E-state index contributed by atoms with van der Waals surface area (Å²) in [6.07, 6.45) is 6.94. The molecular weight excluding hydrogens is 342 g/mol. The van der Waals surface area contributed by atoms with Crippen molar-refractivity contribution in [1.82, 2.24) is 9.97 Å². The van der Waals surface area contributed by atoms with E-state index in [1.807, 2.05) is 36.4 Å². The van der Waals surface area contributed by atoms with Gasteiger partial charge in [0.1, 0.15) is 5.82 Å². The molecule has 1 aromatic heterocycles. The molecule has 1 aliphatic heterocycles. The lowest BCUT2D eigenvalue weighted by Gasteiger charge is -2.22. The van der Waals surface area contributed by atoms with Crippen molar-refractivity contribution in [2.45, 2.75) is 25.2 Å². The van der Waals surface area contributed by atoms with E-state index in [0.29, 0.717) is 11.7 Å². The number of ether oxygens (including phenoxy) is 2. The topological polar surface area (TPSA) is 76.2 Å². The molecule has 136 valence electrons. The standard InChI is InChI=1S/C21H19N3O3/c25-20(9-5-13-4-8-18-19(10-13)27-12-26-18)22-15-6-7-16-17(11-15)24-21(23-16)14-2-1-3-14/h4-11,14H,1-3,12H2,(H,22,25)(H,23,24)/b9-5+. The zero-order valence-electron chi connectivity index (χ0n) is 14.7. The first kappa shape index (κ1) is 15.9. The lowest BCUT2D eigenvalue weighted by Crippen LogP contribution is -2.10. The average Bonchev–Trinajstić information content (AvgIpc) is 3.24. The Bertz CT molecular complexity index is 1050. The van der Waals surface area contributed by atoms with Crippen LogP contribution in [0.15, 0.2) is 42.5 Å². The van der Waals surface area contributed by atoms with Gasteiger partial charge in [-0.1, -0.05) is 12.5 Å². The summed E-state index contributed by atoms with van der Waals surface area (Å²) in [7, 11) is 0. The van der Waals surface area contributed by atoms with E-state index in [1.165, 1.54) is 25.3 Å². The van der Waals surface area contributed by atoms with Crippen molar-refractivity contribution in [3.63, 3.8) is 0 Å². The van der Waals surface area contributed by atoms with Gasteiger partial charge in [-0.15, -0.1) is 0 Å². The molecule has 2 aromatic carbocycles. The molecule has 6 heteroatoms. The van der Waals surface area contributed by atoms with Crippen LogP contribution in [0.5, 0.6) is 11.5 Å². The summed E-state index contributed by atoms with van der Waals surface area (Å²) in [5, 5.41) is 2.89. The van der Waals surface area contributed by atoms with Gasteiger partial charge in [-0.3, -0.25) is 4.79 Å². The summed E-state index contributed by atoms with van der Waals surface area (Å²) < 4.78 is 10.6. The van der Waals surface area contributed by atoms with Gasteiger partial charge in [-0.25, -0.2) is 4.98 Å². The van der Waals surface area contributed by atoms with Crippen molar-refractivity contribution in [3.8, 4) is 11.5 Å². The predicted molar refractivity (Wildman–Crippen MR) is 103 cm³/mol. The number of carbonyl (C=O) groups is 1. The number of fused-ring (bicyclic) bond motifs is 2. The third kappa shape index (κ3) is 3.14. The number of nitrogens with one attached hydrogen (secondary N) is 2. The van der Waals surface area contributed by atoms with Crippen molar-refractivity contribution in [2.75, 3.05) is 12.1 Å². The summed E-state index contributed by atoms with van der Waals surface area (Å²) in [4.78, 5) is 20.3. The fraction of sp³-hybridized carbons (Fsp3) is 0.238. The number of H-pyrrole nitrogens is 1. The number of hydrogen-bond donors (Lipinski definition) is 2. The number of nitrogens with zero attached hydrogens (tertiary/aromatic N) is 1. The second-order valence-corrected chi connectivity index (χ2v) is 6.92. The molecule has 2 aliphatic rings. The SMILES string of the molecule is O=C(/C=C/c1ccc2c(c1)OCO2)Nc1ccc2nc(C3CCC3)[nH]c2c1. The lowest BCUT2D eigenvalue weighted by molar-refractivity contribution is -0.111. The molecule has 0 saturated heterocycles. The van der Waals surface area contributed by atoms with Gasteiger partial charge in [-0.2, -0.15) is 0 Å². The maximum absolute atomic E-state index is 12.2. The van der Waals surface area contributed by atoms with E-state index in [2.05, 4.69) is 15.3 Å². The number of amides is 1. The Labute approximate surface area is 156 Å². The molecular formula is C21H19N3O3. The molecule has 0 spiro atoms. The zero-order chi connectivity index (χ0) is 18.2. The molecule has 27 heavy (non-hydrogen) atoms. The molecule has 0 radical (unpaired) electrons. The maximum Gasteiger partial charge on any atom is 0.248 e. The Kier molecular flexibility index (Phi) is 3.81. The lowest BCUT2D eigenvalue weighted by atomic mass is 9.85. The first-order valence-electron chi connectivity index (χ1n) is 9.13. The molecule has 1 fully saturated rings. The van der Waals surface area contributed by atoms with Crippen molar-refractivity contribution in [3.05, 3.63) is 53.9 Å². The van der Waals surface area contributed by atoms with E-state index in [4.69, 9.17) is 9.47 Å². The summed E-state index contributed by atoms with van der Waals surface area (Å²) in [6, 6.07) is 11.3. The number of imidazole rings is 1. The zero-order valence-corrected chi connectivity index (χ0v) is 14.7. The van der Waals surface area contributed by atoms with E-state index < -0.39 is 0 Å². The van der Waals surface area contributed by atoms with Crippen molar-refractivity contribution in [1.29, 1.82) is 0 Å². The largest absolute Gasteiger partial charge is 0.454 e. The second kappa shape index (κ2) is 6.46. The van der Waals surface area contributed by atoms with Crippen LogP contribution in [0, 0.1) is 0 Å². The third-order valence-electron chi connectivity index (χ3n) is 5.08. The third-order valence-corrected chi connectivity index (χ3v) is 5.08. The van der Waals surface area contributed by atoms with Gasteiger partial charge < -0.3 is 19.8 Å². The fourth-order valence-corrected chi connectivity index (χ4v) is 3.35. The molecule has 3 aromatic rings. The quantitative estimate of drug-likeness (QED) is 0.683.